The van der Waals surface area contributed by atoms with E-state index >= 15 is 0 Å². The van der Waals surface area contributed by atoms with Gasteiger partial charge in [-0.25, -0.2) is 8.42 Å². The maximum atomic E-state index is 13.3. The number of aryl methyl sites for hydroxylation is 1. The molecule has 0 aliphatic heterocycles. The standard InChI is InChI=1S/C21H17Cl3N2O3S/c1-14-9-15(22)7-8-20(14)26(30(28,29)19-5-3-2-4-6-19)13-21(27)25-18-11-16(23)10-17(24)12-18/h2-12H,13H2,1H3,(H,25,27). The Kier molecular flexibility index (Phi) is 6.93. The normalized spacial score (nSPS) is 11.2. The van der Waals surface area contributed by atoms with Gasteiger partial charge in [-0.15, -0.1) is 0 Å². The van der Waals surface area contributed by atoms with E-state index in [1.165, 1.54) is 30.3 Å². The first-order chi connectivity index (χ1) is 14.2. The molecule has 0 aliphatic carbocycles. The van der Waals surface area contributed by atoms with Gasteiger partial charge >= 0.3 is 0 Å². The van der Waals surface area contributed by atoms with Gasteiger partial charge in [0.05, 0.1) is 10.6 Å². The molecule has 0 saturated heterocycles. The van der Waals surface area contributed by atoms with Crippen LogP contribution in [0, 0.1) is 6.92 Å². The van der Waals surface area contributed by atoms with Crippen LogP contribution in [0.4, 0.5) is 11.4 Å². The Hall–Kier alpha value is -2.25. The van der Waals surface area contributed by atoms with E-state index in [4.69, 9.17) is 34.8 Å². The first kappa shape index (κ1) is 22.4. The topological polar surface area (TPSA) is 66.5 Å². The minimum atomic E-state index is -4.02. The quantitative estimate of drug-likeness (QED) is 0.482. The lowest BCUT2D eigenvalue weighted by Crippen LogP contribution is -2.38. The Morgan fingerprint density at radius 1 is 0.900 bits per heavy atom. The Morgan fingerprint density at radius 3 is 2.13 bits per heavy atom. The number of carbonyl (C=O) groups excluding carboxylic acids is 1. The molecule has 0 bridgehead atoms. The molecule has 30 heavy (non-hydrogen) atoms. The van der Waals surface area contributed by atoms with Crippen molar-refractivity contribution in [3.05, 3.63) is 87.4 Å². The summed E-state index contributed by atoms with van der Waals surface area (Å²) in [7, 11) is -4.02. The number of halogens is 3. The summed E-state index contributed by atoms with van der Waals surface area (Å²) < 4.78 is 27.7. The van der Waals surface area contributed by atoms with Gasteiger partial charge in [0.1, 0.15) is 6.54 Å². The average molecular weight is 484 g/mol. The maximum Gasteiger partial charge on any atom is 0.264 e. The molecule has 0 atom stereocenters. The molecule has 0 spiro atoms. The molecule has 3 aromatic carbocycles. The van der Waals surface area contributed by atoms with Crippen LogP contribution in [-0.4, -0.2) is 20.9 Å². The largest absolute Gasteiger partial charge is 0.324 e. The van der Waals surface area contributed by atoms with Crippen LogP contribution in [0.15, 0.2) is 71.6 Å². The van der Waals surface area contributed by atoms with Crippen molar-refractivity contribution in [1.29, 1.82) is 0 Å². The molecular weight excluding hydrogens is 467 g/mol. The smallest absolute Gasteiger partial charge is 0.264 e. The Morgan fingerprint density at radius 2 is 1.53 bits per heavy atom. The minimum Gasteiger partial charge on any atom is -0.324 e. The molecule has 5 nitrogen and oxygen atoms in total. The summed E-state index contributed by atoms with van der Waals surface area (Å²) in [5, 5.41) is 3.80. The fourth-order valence-electron chi connectivity index (χ4n) is 2.87. The fourth-order valence-corrected chi connectivity index (χ4v) is 5.13. The summed E-state index contributed by atoms with van der Waals surface area (Å²) in [6, 6.07) is 17.3. The minimum absolute atomic E-state index is 0.0675. The number of hydrogen-bond acceptors (Lipinski definition) is 3. The monoisotopic (exact) mass is 482 g/mol. The summed E-state index contributed by atoms with van der Waals surface area (Å²) in [4.78, 5) is 12.8. The molecule has 0 saturated carbocycles. The van der Waals surface area contributed by atoms with Crippen LogP contribution < -0.4 is 9.62 Å². The number of benzene rings is 3. The van der Waals surface area contributed by atoms with E-state index < -0.39 is 22.5 Å². The summed E-state index contributed by atoms with van der Waals surface area (Å²) in [5.41, 5.74) is 1.32. The Balaban J connectivity index is 1.98. The Bertz CT molecular complexity index is 1170. The second-order valence-corrected chi connectivity index (χ2v) is 9.63. The second kappa shape index (κ2) is 9.27. The van der Waals surface area contributed by atoms with Crippen molar-refractivity contribution in [2.45, 2.75) is 11.8 Å². The molecule has 1 N–H and O–H groups in total. The highest BCUT2D eigenvalue weighted by Crippen LogP contribution is 2.29. The SMILES string of the molecule is Cc1cc(Cl)ccc1N(CC(=O)Nc1cc(Cl)cc(Cl)c1)S(=O)(=O)c1ccccc1. The Labute approximate surface area is 190 Å². The first-order valence-electron chi connectivity index (χ1n) is 8.77. The third-order valence-electron chi connectivity index (χ3n) is 4.19. The van der Waals surface area contributed by atoms with Crippen LogP contribution in [0.1, 0.15) is 5.56 Å². The van der Waals surface area contributed by atoms with Gasteiger partial charge < -0.3 is 5.32 Å². The number of amides is 1. The number of nitrogens with one attached hydrogen (secondary N) is 1. The van der Waals surface area contributed by atoms with Crippen LogP contribution in [0.5, 0.6) is 0 Å². The van der Waals surface area contributed by atoms with Crippen LogP contribution in [0.3, 0.4) is 0 Å². The van der Waals surface area contributed by atoms with Gasteiger partial charge in [-0.2, -0.15) is 0 Å². The van der Waals surface area contributed by atoms with Crippen molar-refractivity contribution < 1.29 is 13.2 Å². The fraction of sp³-hybridized carbons (Fsp3) is 0.0952. The summed E-state index contributed by atoms with van der Waals surface area (Å²) in [5.74, 6) is -0.554. The molecule has 0 aromatic heterocycles. The molecule has 1 amide bonds. The molecule has 3 rings (SSSR count). The van der Waals surface area contributed by atoms with Crippen LogP contribution in [0.25, 0.3) is 0 Å². The zero-order valence-corrected chi connectivity index (χ0v) is 18.9. The van der Waals surface area contributed by atoms with E-state index in [-0.39, 0.29) is 4.90 Å². The second-order valence-electron chi connectivity index (χ2n) is 6.46. The van der Waals surface area contributed by atoms with Crippen LogP contribution in [0.2, 0.25) is 15.1 Å². The zero-order chi connectivity index (χ0) is 21.9. The van der Waals surface area contributed by atoms with Crippen molar-refractivity contribution in [2.75, 3.05) is 16.2 Å². The molecule has 0 heterocycles. The van der Waals surface area contributed by atoms with Crippen LogP contribution >= 0.6 is 34.8 Å². The molecule has 0 unspecified atom stereocenters. The van der Waals surface area contributed by atoms with E-state index in [0.717, 1.165) is 4.31 Å². The number of anilines is 2. The van der Waals surface area contributed by atoms with Gasteiger partial charge in [-0.1, -0.05) is 53.0 Å². The predicted octanol–water partition coefficient (Wildman–Crippen LogP) is 5.79. The number of sulfonamides is 1. The third-order valence-corrected chi connectivity index (χ3v) is 6.64. The van der Waals surface area contributed by atoms with Gasteiger partial charge in [0, 0.05) is 20.8 Å². The van der Waals surface area contributed by atoms with Gasteiger partial charge in [-0.3, -0.25) is 9.10 Å². The van der Waals surface area contributed by atoms with Gasteiger partial charge in [-0.05, 0) is 61.0 Å². The van der Waals surface area contributed by atoms with Crippen molar-refractivity contribution in [3.63, 3.8) is 0 Å². The van der Waals surface area contributed by atoms with Gasteiger partial charge in [0.25, 0.3) is 10.0 Å². The van der Waals surface area contributed by atoms with E-state index in [9.17, 15) is 13.2 Å². The first-order valence-corrected chi connectivity index (χ1v) is 11.3. The highest BCUT2D eigenvalue weighted by molar-refractivity contribution is 7.92. The lowest BCUT2D eigenvalue weighted by Gasteiger charge is -2.25. The number of hydrogen-bond donors (Lipinski definition) is 1. The van der Waals surface area contributed by atoms with E-state index in [1.54, 1.807) is 43.3 Å². The van der Waals surface area contributed by atoms with Gasteiger partial charge in [0.15, 0.2) is 0 Å². The number of rotatable bonds is 6. The molecular formula is C21H17Cl3N2O3S. The molecule has 0 aliphatic rings. The van der Waals surface area contributed by atoms with Crippen molar-refractivity contribution >= 4 is 62.1 Å². The lowest BCUT2D eigenvalue weighted by molar-refractivity contribution is -0.114. The van der Waals surface area contributed by atoms with E-state index in [2.05, 4.69) is 5.32 Å². The molecule has 9 heteroatoms. The molecule has 0 radical (unpaired) electrons. The lowest BCUT2D eigenvalue weighted by atomic mass is 10.2. The average Bonchev–Trinajstić information content (AvgIpc) is 2.66. The maximum absolute atomic E-state index is 13.3. The number of nitrogens with zero attached hydrogens (tertiary/aromatic N) is 1. The van der Waals surface area contributed by atoms with Crippen molar-refractivity contribution in [1.82, 2.24) is 0 Å². The zero-order valence-electron chi connectivity index (χ0n) is 15.8. The van der Waals surface area contributed by atoms with Crippen LogP contribution in [-0.2, 0) is 14.8 Å². The third kappa shape index (κ3) is 5.26. The van der Waals surface area contributed by atoms with Crippen molar-refractivity contribution in [3.8, 4) is 0 Å². The highest BCUT2D eigenvalue weighted by Gasteiger charge is 2.28. The van der Waals surface area contributed by atoms with Gasteiger partial charge in [0.2, 0.25) is 5.91 Å². The van der Waals surface area contributed by atoms with E-state index in [0.29, 0.717) is 32.0 Å². The summed E-state index contributed by atoms with van der Waals surface area (Å²) in [6.07, 6.45) is 0. The highest BCUT2D eigenvalue weighted by atomic mass is 35.5. The molecule has 156 valence electrons. The predicted molar refractivity (Wildman–Crippen MR) is 122 cm³/mol. The molecule has 3 aromatic rings. The van der Waals surface area contributed by atoms with Crippen molar-refractivity contribution in [2.24, 2.45) is 0 Å². The number of carbonyl (C=O) groups is 1. The molecule has 0 fully saturated rings. The summed E-state index contributed by atoms with van der Waals surface area (Å²) in [6.45, 7) is 1.27. The summed E-state index contributed by atoms with van der Waals surface area (Å²) >= 11 is 18.0. The van der Waals surface area contributed by atoms with E-state index in [1.807, 2.05) is 0 Å².